The highest BCUT2D eigenvalue weighted by Crippen LogP contribution is 2.32. The molecule has 1 aromatic heterocycles. The van der Waals surface area contributed by atoms with Crippen LogP contribution in [0.5, 0.6) is 5.75 Å². The lowest BCUT2D eigenvalue weighted by atomic mass is 10.2. The second-order valence-corrected chi connectivity index (χ2v) is 7.50. The summed E-state index contributed by atoms with van der Waals surface area (Å²) in [5.74, 6) is 0.353. The summed E-state index contributed by atoms with van der Waals surface area (Å²) < 4.78 is 2.29. The van der Waals surface area contributed by atoms with E-state index < -0.39 is 0 Å². The molecule has 6 heteroatoms. The van der Waals surface area contributed by atoms with Crippen LogP contribution in [0, 0.1) is 0 Å². The second-order valence-electron chi connectivity index (χ2n) is 5.57. The Morgan fingerprint density at radius 2 is 1.74 bits per heavy atom. The zero-order valence-corrected chi connectivity index (χ0v) is 14.8. The Morgan fingerprint density at radius 3 is 2.52 bits per heavy atom. The molecule has 1 saturated heterocycles. The van der Waals surface area contributed by atoms with Gasteiger partial charge in [0.2, 0.25) is 0 Å². The minimum atomic E-state index is 0.353. The summed E-state index contributed by atoms with van der Waals surface area (Å²) in [5.41, 5.74) is 1.97. The van der Waals surface area contributed by atoms with Crippen LogP contribution in [0.15, 0.2) is 46.9 Å². The second kappa shape index (κ2) is 6.02. The van der Waals surface area contributed by atoms with Crippen molar-refractivity contribution in [1.82, 2.24) is 4.98 Å². The molecule has 0 saturated carbocycles. The number of phenols is 1. The molecule has 0 bridgehead atoms. The third kappa shape index (κ3) is 2.88. The number of halogens is 1. The molecule has 0 radical (unpaired) electrons. The van der Waals surface area contributed by atoms with E-state index in [4.69, 9.17) is 4.98 Å². The molecule has 0 unspecified atom stereocenters. The number of rotatable bonds is 2. The van der Waals surface area contributed by atoms with Gasteiger partial charge in [-0.1, -0.05) is 39.4 Å². The van der Waals surface area contributed by atoms with Crippen molar-refractivity contribution in [2.24, 2.45) is 0 Å². The molecule has 1 aliphatic rings. The molecule has 0 aliphatic carbocycles. The number of thiazole rings is 1. The zero-order chi connectivity index (χ0) is 15.8. The molecule has 0 amide bonds. The third-order valence-electron chi connectivity index (χ3n) is 4.11. The number of anilines is 2. The minimum Gasteiger partial charge on any atom is -0.506 e. The molecule has 0 spiro atoms. The summed E-state index contributed by atoms with van der Waals surface area (Å²) in [6.45, 7) is 3.60. The minimum absolute atomic E-state index is 0.353. The zero-order valence-electron chi connectivity index (χ0n) is 12.4. The molecule has 2 aromatic carbocycles. The fourth-order valence-electron chi connectivity index (χ4n) is 2.89. The summed E-state index contributed by atoms with van der Waals surface area (Å²) in [4.78, 5) is 9.31. The number of phenolic OH excluding ortho intramolecular Hbond substituents is 1. The van der Waals surface area contributed by atoms with Crippen molar-refractivity contribution in [3.8, 4) is 5.75 Å². The first kappa shape index (κ1) is 14.8. The molecule has 1 aliphatic heterocycles. The van der Waals surface area contributed by atoms with E-state index in [-0.39, 0.29) is 0 Å². The van der Waals surface area contributed by atoms with Crippen LogP contribution in [0.2, 0.25) is 0 Å². The van der Waals surface area contributed by atoms with Crippen LogP contribution in [0.25, 0.3) is 10.2 Å². The van der Waals surface area contributed by atoms with Crippen molar-refractivity contribution < 1.29 is 5.11 Å². The quantitative estimate of drug-likeness (QED) is 0.716. The van der Waals surface area contributed by atoms with Gasteiger partial charge in [0.1, 0.15) is 5.75 Å². The highest BCUT2D eigenvalue weighted by molar-refractivity contribution is 9.10. The Labute approximate surface area is 147 Å². The lowest BCUT2D eigenvalue weighted by Gasteiger charge is -2.36. The van der Waals surface area contributed by atoms with Gasteiger partial charge in [0.15, 0.2) is 5.13 Å². The first-order chi connectivity index (χ1) is 11.2. The standard InChI is InChI=1S/C17H16BrN3OS/c18-12-5-6-13-16(11-12)23-17(19-13)21-9-7-20(8-10-21)14-3-1-2-4-15(14)22/h1-6,11,22H,7-10H2. The number of aromatic hydroxyl groups is 1. The van der Waals surface area contributed by atoms with Crippen LogP contribution in [0.3, 0.4) is 0 Å². The maximum Gasteiger partial charge on any atom is 0.186 e. The molecule has 4 nitrogen and oxygen atoms in total. The summed E-state index contributed by atoms with van der Waals surface area (Å²) in [6.07, 6.45) is 0. The van der Waals surface area contributed by atoms with Gasteiger partial charge in [-0.3, -0.25) is 0 Å². The Hall–Kier alpha value is -1.79. The molecule has 1 N–H and O–H groups in total. The highest BCUT2D eigenvalue weighted by atomic mass is 79.9. The normalized spacial score (nSPS) is 15.3. The van der Waals surface area contributed by atoms with Crippen molar-refractivity contribution in [3.63, 3.8) is 0 Å². The van der Waals surface area contributed by atoms with Crippen LogP contribution in [0.1, 0.15) is 0 Å². The number of fused-ring (bicyclic) bond motifs is 1. The van der Waals surface area contributed by atoms with Gasteiger partial charge in [0.25, 0.3) is 0 Å². The number of aromatic nitrogens is 1. The molecule has 118 valence electrons. The maximum absolute atomic E-state index is 10.00. The van der Waals surface area contributed by atoms with Crippen LogP contribution in [-0.4, -0.2) is 36.3 Å². The van der Waals surface area contributed by atoms with Crippen LogP contribution < -0.4 is 9.80 Å². The number of hydrogen-bond acceptors (Lipinski definition) is 5. The van der Waals surface area contributed by atoms with E-state index in [0.717, 1.165) is 47.0 Å². The van der Waals surface area contributed by atoms with E-state index in [1.165, 1.54) is 4.70 Å². The van der Waals surface area contributed by atoms with E-state index in [1.807, 2.05) is 24.3 Å². The van der Waals surface area contributed by atoms with Gasteiger partial charge >= 0.3 is 0 Å². The van der Waals surface area contributed by atoms with Gasteiger partial charge in [-0.25, -0.2) is 4.98 Å². The molecule has 3 aromatic rings. The van der Waals surface area contributed by atoms with Gasteiger partial charge in [0.05, 0.1) is 15.9 Å². The van der Waals surface area contributed by atoms with Crippen molar-refractivity contribution in [2.75, 3.05) is 36.0 Å². The average Bonchev–Trinajstić information content (AvgIpc) is 2.98. The Kier molecular flexibility index (Phi) is 3.87. The number of piperazine rings is 1. The third-order valence-corrected chi connectivity index (χ3v) is 5.68. The molecule has 2 heterocycles. The summed E-state index contributed by atoms with van der Waals surface area (Å²) in [7, 11) is 0. The lowest BCUT2D eigenvalue weighted by molar-refractivity contribution is 0.472. The summed E-state index contributed by atoms with van der Waals surface area (Å²) >= 11 is 5.25. The van der Waals surface area contributed by atoms with Gasteiger partial charge in [0, 0.05) is 30.7 Å². The average molecular weight is 390 g/mol. The van der Waals surface area contributed by atoms with Crippen LogP contribution in [-0.2, 0) is 0 Å². The summed E-state index contributed by atoms with van der Waals surface area (Å²) in [6, 6.07) is 13.7. The Bertz CT molecular complexity index is 843. The van der Waals surface area contributed by atoms with Crippen molar-refractivity contribution >= 4 is 48.3 Å². The van der Waals surface area contributed by atoms with Gasteiger partial charge in [-0.05, 0) is 30.3 Å². The maximum atomic E-state index is 10.00. The number of nitrogens with zero attached hydrogens (tertiary/aromatic N) is 3. The topological polar surface area (TPSA) is 39.6 Å². The van der Waals surface area contributed by atoms with E-state index in [0.29, 0.717) is 5.75 Å². The fourth-order valence-corrected chi connectivity index (χ4v) is 4.46. The molecular weight excluding hydrogens is 374 g/mol. The Morgan fingerprint density at radius 1 is 1.00 bits per heavy atom. The van der Waals surface area contributed by atoms with E-state index in [1.54, 1.807) is 17.4 Å². The van der Waals surface area contributed by atoms with Crippen molar-refractivity contribution in [1.29, 1.82) is 0 Å². The van der Waals surface area contributed by atoms with Crippen LogP contribution >= 0.6 is 27.3 Å². The van der Waals surface area contributed by atoms with Gasteiger partial charge in [-0.15, -0.1) is 0 Å². The molecule has 4 rings (SSSR count). The fraction of sp³-hybridized carbons (Fsp3) is 0.235. The predicted octanol–water partition coefficient (Wildman–Crippen LogP) is 4.09. The number of hydrogen-bond donors (Lipinski definition) is 1. The van der Waals surface area contributed by atoms with Crippen molar-refractivity contribution in [3.05, 3.63) is 46.9 Å². The van der Waals surface area contributed by atoms with E-state index >= 15 is 0 Å². The van der Waals surface area contributed by atoms with Crippen LogP contribution in [0.4, 0.5) is 10.8 Å². The molecule has 1 fully saturated rings. The molecule has 23 heavy (non-hydrogen) atoms. The van der Waals surface area contributed by atoms with Crippen molar-refractivity contribution in [2.45, 2.75) is 0 Å². The van der Waals surface area contributed by atoms with E-state index in [2.05, 4.69) is 37.9 Å². The first-order valence-corrected chi connectivity index (χ1v) is 9.16. The smallest absolute Gasteiger partial charge is 0.186 e. The Balaban J connectivity index is 1.51. The number of benzene rings is 2. The molecular formula is C17H16BrN3OS. The van der Waals surface area contributed by atoms with Gasteiger partial charge in [-0.2, -0.15) is 0 Å². The van der Waals surface area contributed by atoms with Gasteiger partial charge < -0.3 is 14.9 Å². The van der Waals surface area contributed by atoms with E-state index in [9.17, 15) is 5.11 Å². The predicted molar refractivity (Wildman–Crippen MR) is 99.9 cm³/mol. The first-order valence-electron chi connectivity index (χ1n) is 7.55. The summed E-state index contributed by atoms with van der Waals surface area (Å²) in [5, 5.41) is 11.1. The monoisotopic (exact) mass is 389 g/mol. The molecule has 0 atom stereocenters. The highest BCUT2D eigenvalue weighted by Gasteiger charge is 2.21. The lowest BCUT2D eigenvalue weighted by Crippen LogP contribution is -2.46. The largest absolute Gasteiger partial charge is 0.506 e. The number of para-hydroxylation sites is 2. The SMILES string of the molecule is Oc1ccccc1N1CCN(c2nc3ccc(Br)cc3s2)CC1.